The van der Waals surface area contributed by atoms with Crippen LogP contribution in [0.3, 0.4) is 0 Å². The summed E-state index contributed by atoms with van der Waals surface area (Å²) in [6.45, 7) is 3.48. The third-order valence-electron chi connectivity index (χ3n) is 3.40. The molecule has 0 amide bonds. The zero-order chi connectivity index (χ0) is 11.2. The van der Waals surface area contributed by atoms with Gasteiger partial charge in [-0.25, -0.2) is 4.39 Å². The van der Waals surface area contributed by atoms with Gasteiger partial charge in [-0.3, -0.25) is 0 Å². The maximum Gasteiger partial charge on any atom is 0.123 e. The highest BCUT2D eigenvalue weighted by atomic mass is 19.1. The van der Waals surface area contributed by atoms with E-state index in [4.69, 9.17) is 0 Å². The van der Waals surface area contributed by atoms with E-state index >= 15 is 0 Å². The summed E-state index contributed by atoms with van der Waals surface area (Å²) in [5.41, 5.74) is 1.13. The minimum atomic E-state index is -0.107. The summed E-state index contributed by atoms with van der Waals surface area (Å²) >= 11 is 0. The lowest BCUT2D eigenvalue weighted by Crippen LogP contribution is -3.10. The number of rotatable bonds is 2. The van der Waals surface area contributed by atoms with Gasteiger partial charge in [0.25, 0.3) is 0 Å². The van der Waals surface area contributed by atoms with Gasteiger partial charge in [-0.15, -0.1) is 0 Å². The van der Waals surface area contributed by atoms with Crippen LogP contribution in [0.2, 0.25) is 0 Å². The van der Waals surface area contributed by atoms with E-state index in [0.717, 1.165) is 12.1 Å². The quantitative estimate of drug-likeness (QED) is 0.782. The molecule has 1 saturated heterocycles. The molecule has 1 aromatic carbocycles. The van der Waals surface area contributed by atoms with Gasteiger partial charge in [-0.05, 0) is 37.8 Å². The van der Waals surface area contributed by atoms with E-state index in [1.54, 1.807) is 11.0 Å². The summed E-state index contributed by atoms with van der Waals surface area (Å²) < 4.78 is 13.1. The Morgan fingerprint density at radius 3 is 2.38 bits per heavy atom. The minimum absolute atomic E-state index is 0.107. The molecule has 1 aromatic rings. The van der Waals surface area contributed by atoms with Gasteiger partial charge in [0.15, 0.2) is 0 Å². The van der Waals surface area contributed by atoms with Crippen molar-refractivity contribution in [2.75, 3.05) is 13.1 Å². The fraction of sp³-hybridized carbons (Fsp3) is 0.571. The molecule has 1 heterocycles. The molecule has 88 valence electrons. The van der Waals surface area contributed by atoms with Crippen LogP contribution in [0.25, 0.3) is 0 Å². The van der Waals surface area contributed by atoms with Crippen LogP contribution < -0.4 is 4.90 Å². The van der Waals surface area contributed by atoms with E-state index in [1.165, 1.54) is 51.3 Å². The van der Waals surface area contributed by atoms with Crippen molar-refractivity contribution in [3.63, 3.8) is 0 Å². The Balaban J connectivity index is 1.91. The lowest BCUT2D eigenvalue weighted by molar-refractivity contribution is -0.914. The monoisotopic (exact) mass is 222 g/mol. The van der Waals surface area contributed by atoms with Gasteiger partial charge >= 0.3 is 0 Å². The third-order valence-corrected chi connectivity index (χ3v) is 3.40. The maximum atomic E-state index is 13.1. The number of hydrogen-bond donors (Lipinski definition) is 1. The van der Waals surface area contributed by atoms with Gasteiger partial charge in [-0.2, -0.15) is 0 Å². The lowest BCUT2D eigenvalue weighted by atomic mass is 10.1. The van der Waals surface area contributed by atoms with Crippen molar-refractivity contribution in [2.45, 2.75) is 38.6 Å². The highest BCUT2D eigenvalue weighted by molar-refractivity contribution is 5.14. The lowest BCUT2D eigenvalue weighted by Gasteiger charge is -2.21. The van der Waals surface area contributed by atoms with Gasteiger partial charge in [-0.1, -0.05) is 18.6 Å². The highest BCUT2D eigenvalue weighted by Crippen LogP contribution is 2.05. The summed E-state index contributed by atoms with van der Waals surface area (Å²) in [6.07, 6.45) is 6.78. The topological polar surface area (TPSA) is 4.44 Å². The molecular weight excluding hydrogens is 201 g/mol. The molecule has 0 saturated carbocycles. The molecule has 1 N–H and O–H groups in total. The van der Waals surface area contributed by atoms with E-state index < -0.39 is 0 Å². The van der Waals surface area contributed by atoms with Crippen LogP contribution in [0.5, 0.6) is 0 Å². The SMILES string of the molecule is Fc1cccc(C[NH+]2CCCCCCC2)c1. The number of quaternary nitrogens is 1. The number of likely N-dealkylation sites (tertiary alicyclic amines) is 1. The average Bonchev–Trinajstić information content (AvgIpc) is 2.22. The second kappa shape index (κ2) is 6.00. The van der Waals surface area contributed by atoms with Crippen LogP contribution in [-0.2, 0) is 6.54 Å². The summed E-state index contributed by atoms with van der Waals surface area (Å²) in [5.74, 6) is -0.107. The molecule has 1 aliphatic rings. The molecule has 16 heavy (non-hydrogen) atoms. The number of hydrogen-bond acceptors (Lipinski definition) is 0. The van der Waals surface area contributed by atoms with Gasteiger partial charge in [0.2, 0.25) is 0 Å². The Bertz CT molecular complexity index is 316. The fourth-order valence-electron chi connectivity index (χ4n) is 2.52. The minimum Gasteiger partial charge on any atom is -0.331 e. The summed E-state index contributed by atoms with van der Waals surface area (Å²) in [4.78, 5) is 1.62. The number of halogens is 1. The van der Waals surface area contributed by atoms with Crippen LogP contribution in [0.4, 0.5) is 4.39 Å². The molecule has 1 aliphatic heterocycles. The fourth-order valence-corrected chi connectivity index (χ4v) is 2.52. The molecular formula is C14H21FN+. The van der Waals surface area contributed by atoms with Crippen LogP contribution in [0.15, 0.2) is 24.3 Å². The summed E-state index contributed by atoms with van der Waals surface area (Å²) in [7, 11) is 0. The van der Waals surface area contributed by atoms with Gasteiger partial charge in [0.1, 0.15) is 12.4 Å². The van der Waals surface area contributed by atoms with Crippen molar-refractivity contribution >= 4 is 0 Å². The normalized spacial score (nSPS) is 19.1. The van der Waals surface area contributed by atoms with Crippen LogP contribution in [-0.4, -0.2) is 13.1 Å². The molecule has 1 fully saturated rings. The van der Waals surface area contributed by atoms with E-state index in [1.807, 2.05) is 12.1 Å². The van der Waals surface area contributed by atoms with E-state index in [9.17, 15) is 4.39 Å². The van der Waals surface area contributed by atoms with E-state index in [2.05, 4.69) is 0 Å². The Kier molecular flexibility index (Phi) is 4.34. The summed E-state index contributed by atoms with van der Waals surface area (Å²) in [5, 5.41) is 0. The molecule has 0 radical (unpaired) electrons. The Morgan fingerprint density at radius 1 is 1.00 bits per heavy atom. The zero-order valence-electron chi connectivity index (χ0n) is 9.84. The van der Waals surface area contributed by atoms with Crippen molar-refractivity contribution in [1.29, 1.82) is 0 Å². The number of benzene rings is 1. The van der Waals surface area contributed by atoms with E-state index in [0.29, 0.717) is 0 Å². The Morgan fingerprint density at radius 2 is 1.69 bits per heavy atom. The van der Waals surface area contributed by atoms with Crippen molar-refractivity contribution in [3.05, 3.63) is 35.6 Å². The molecule has 0 bridgehead atoms. The Hall–Kier alpha value is -0.890. The van der Waals surface area contributed by atoms with Gasteiger partial charge in [0.05, 0.1) is 13.1 Å². The molecule has 0 aliphatic carbocycles. The molecule has 0 unspecified atom stereocenters. The molecule has 2 heteroatoms. The van der Waals surface area contributed by atoms with Gasteiger partial charge in [0, 0.05) is 5.56 Å². The largest absolute Gasteiger partial charge is 0.331 e. The number of nitrogens with one attached hydrogen (secondary N) is 1. The first kappa shape index (κ1) is 11.6. The molecule has 0 spiro atoms. The third kappa shape index (κ3) is 3.60. The zero-order valence-corrected chi connectivity index (χ0v) is 9.84. The smallest absolute Gasteiger partial charge is 0.123 e. The van der Waals surface area contributed by atoms with Crippen LogP contribution in [0, 0.1) is 5.82 Å². The van der Waals surface area contributed by atoms with Crippen molar-refractivity contribution < 1.29 is 9.29 Å². The second-order valence-corrected chi connectivity index (χ2v) is 4.82. The second-order valence-electron chi connectivity index (χ2n) is 4.82. The highest BCUT2D eigenvalue weighted by Gasteiger charge is 2.11. The predicted octanol–water partition coefficient (Wildman–Crippen LogP) is 2.17. The van der Waals surface area contributed by atoms with Crippen molar-refractivity contribution in [2.24, 2.45) is 0 Å². The molecule has 2 rings (SSSR count). The molecule has 0 atom stereocenters. The molecule has 1 nitrogen and oxygen atoms in total. The molecule has 0 aromatic heterocycles. The standard InChI is InChI=1S/C14H20FN/c15-14-8-6-7-13(11-14)12-16-9-4-2-1-3-5-10-16/h6-8,11H,1-5,9-10,12H2/p+1. The van der Waals surface area contributed by atoms with Gasteiger partial charge < -0.3 is 4.90 Å². The maximum absolute atomic E-state index is 13.1. The first-order chi connectivity index (χ1) is 7.84. The summed E-state index contributed by atoms with van der Waals surface area (Å²) in [6, 6.07) is 7.04. The Labute approximate surface area is 97.3 Å². The van der Waals surface area contributed by atoms with Crippen LogP contribution in [0.1, 0.15) is 37.7 Å². The predicted molar refractivity (Wildman–Crippen MR) is 63.9 cm³/mol. The van der Waals surface area contributed by atoms with Crippen molar-refractivity contribution in [3.8, 4) is 0 Å². The van der Waals surface area contributed by atoms with E-state index in [-0.39, 0.29) is 5.82 Å². The average molecular weight is 222 g/mol. The first-order valence-electron chi connectivity index (χ1n) is 6.42. The van der Waals surface area contributed by atoms with Crippen LogP contribution >= 0.6 is 0 Å². The van der Waals surface area contributed by atoms with Crippen molar-refractivity contribution in [1.82, 2.24) is 0 Å². The first-order valence-corrected chi connectivity index (χ1v) is 6.42.